The van der Waals surface area contributed by atoms with E-state index in [4.69, 9.17) is 5.73 Å². The zero-order valence-electron chi connectivity index (χ0n) is 12.7. The second kappa shape index (κ2) is 6.87. The van der Waals surface area contributed by atoms with Gasteiger partial charge >= 0.3 is 0 Å². The summed E-state index contributed by atoms with van der Waals surface area (Å²) in [5.74, 6) is 0.144. The summed E-state index contributed by atoms with van der Waals surface area (Å²) in [7, 11) is 0. The minimum absolute atomic E-state index is 0.347. The Bertz CT molecular complexity index is 605. The summed E-state index contributed by atoms with van der Waals surface area (Å²) in [6.07, 6.45) is 0. The SMILES string of the molecule is Cc1cc(C(N)=O)ccc1CNC(c1cccs1)C(C)C. The van der Waals surface area contributed by atoms with Crippen LogP contribution in [0.1, 0.15) is 46.3 Å². The molecule has 21 heavy (non-hydrogen) atoms. The molecule has 0 saturated carbocycles. The normalized spacial score (nSPS) is 12.6. The van der Waals surface area contributed by atoms with E-state index in [0.29, 0.717) is 17.5 Å². The average Bonchev–Trinajstić information content (AvgIpc) is 2.93. The quantitative estimate of drug-likeness (QED) is 0.856. The van der Waals surface area contributed by atoms with Crippen molar-refractivity contribution in [1.82, 2.24) is 5.32 Å². The number of nitrogens with one attached hydrogen (secondary N) is 1. The molecule has 1 unspecified atom stereocenters. The van der Waals surface area contributed by atoms with E-state index in [0.717, 1.165) is 12.1 Å². The number of aryl methyl sites for hydroxylation is 1. The Kier molecular flexibility index (Phi) is 5.15. The average molecular weight is 302 g/mol. The Labute approximate surface area is 130 Å². The molecule has 0 aliphatic rings. The molecule has 0 aliphatic carbocycles. The predicted octanol–water partition coefficient (Wildman–Crippen LogP) is 3.64. The lowest BCUT2D eigenvalue weighted by atomic mass is 10.0. The Morgan fingerprint density at radius 2 is 2.10 bits per heavy atom. The van der Waals surface area contributed by atoms with Gasteiger partial charge in [-0.3, -0.25) is 4.79 Å². The van der Waals surface area contributed by atoms with Crippen LogP contribution in [-0.4, -0.2) is 5.91 Å². The third-order valence-corrected chi connectivity index (χ3v) is 4.61. The number of nitrogens with two attached hydrogens (primary N) is 1. The third kappa shape index (κ3) is 3.93. The van der Waals surface area contributed by atoms with E-state index in [1.54, 1.807) is 17.4 Å². The van der Waals surface area contributed by atoms with Gasteiger partial charge in [0.2, 0.25) is 5.91 Å². The van der Waals surface area contributed by atoms with E-state index in [1.165, 1.54) is 10.4 Å². The summed E-state index contributed by atoms with van der Waals surface area (Å²) < 4.78 is 0. The van der Waals surface area contributed by atoms with Gasteiger partial charge in [-0.05, 0) is 47.5 Å². The molecule has 2 aromatic rings. The molecule has 4 heteroatoms. The van der Waals surface area contributed by atoms with Gasteiger partial charge in [0.05, 0.1) is 0 Å². The van der Waals surface area contributed by atoms with Crippen LogP contribution in [0.25, 0.3) is 0 Å². The molecule has 1 atom stereocenters. The molecule has 1 aromatic heterocycles. The molecule has 112 valence electrons. The first-order chi connectivity index (χ1) is 9.99. The highest BCUT2D eigenvalue weighted by molar-refractivity contribution is 7.10. The lowest BCUT2D eigenvalue weighted by Crippen LogP contribution is -2.25. The summed E-state index contributed by atoms with van der Waals surface area (Å²) in [4.78, 5) is 12.5. The number of rotatable bonds is 6. The van der Waals surface area contributed by atoms with Crippen molar-refractivity contribution in [3.63, 3.8) is 0 Å². The van der Waals surface area contributed by atoms with Crippen molar-refractivity contribution >= 4 is 17.2 Å². The van der Waals surface area contributed by atoms with Crippen LogP contribution in [0.5, 0.6) is 0 Å². The lowest BCUT2D eigenvalue weighted by molar-refractivity contribution is 0.1000. The Hall–Kier alpha value is -1.65. The maximum Gasteiger partial charge on any atom is 0.248 e. The van der Waals surface area contributed by atoms with E-state index in [-0.39, 0.29) is 5.91 Å². The monoisotopic (exact) mass is 302 g/mol. The molecule has 1 heterocycles. The molecule has 3 nitrogen and oxygen atoms in total. The van der Waals surface area contributed by atoms with Crippen molar-refractivity contribution in [1.29, 1.82) is 0 Å². The Morgan fingerprint density at radius 1 is 1.33 bits per heavy atom. The topological polar surface area (TPSA) is 55.1 Å². The fourth-order valence-corrected chi connectivity index (χ4v) is 3.37. The van der Waals surface area contributed by atoms with E-state index < -0.39 is 0 Å². The van der Waals surface area contributed by atoms with Crippen LogP contribution in [0.2, 0.25) is 0 Å². The van der Waals surface area contributed by atoms with Gasteiger partial charge in [-0.25, -0.2) is 0 Å². The van der Waals surface area contributed by atoms with Crippen molar-refractivity contribution in [2.45, 2.75) is 33.4 Å². The molecule has 0 spiro atoms. The molecule has 1 aromatic carbocycles. The summed E-state index contributed by atoms with van der Waals surface area (Å²) >= 11 is 1.78. The number of carbonyl (C=O) groups is 1. The molecule has 0 aliphatic heterocycles. The Balaban J connectivity index is 2.09. The number of amides is 1. The van der Waals surface area contributed by atoms with Crippen molar-refractivity contribution in [3.05, 3.63) is 57.3 Å². The fourth-order valence-electron chi connectivity index (χ4n) is 2.40. The van der Waals surface area contributed by atoms with Crippen molar-refractivity contribution in [2.75, 3.05) is 0 Å². The van der Waals surface area contributed by atoms with Gasteiger partial charge in [-0.2, -0.15) is 0 Å². The number of hydrogen-bond acceptors (Lipinski definition) is 3. The van der Waals surface area contributed by atoms with E-state index >= 15 is 0 Å². The number of benzene rings is 1. The fraction of sp³-hybridized carbons (Fsp3) is 0.353. The highest BCUT2D eigenvalue weighted by atomic mass is 32.1. The van der Waals surface area contributed by atoms with E-state index in [1.807, 2.05) is 19.1 Å². The minimum atomic E-state index is -0.378. The van der Waals surface area contributed by atoms with Crippen LogP contribution in [0.3, 0.4) is 0 Å². The van der Waals surface area contributed by atoms with Crippen LogP contribution >= 0.6 is 11.3 Å². The van der Waals surface area contributed by atoms with Gasteiger partial charge in [0.15, 0.2) is 0 Å². The molecule has 1 amide bonds. The number of thiophene rings is 1. The number of primary amides is 1. The van der Waals surface area contributed by atoms with Crippen LogP contribution in [0.15, 0.2) is 35.7 Å². The third-order valence-electron chi connectivity index (χ3n) is 3.66. The maximum absolute atomic E-state index is 11.2. The molecule has 0 bridgehead atoms. The van der Waals surface area contributed by atoms with E-state index in [2.05, 4.69) is 36.7 Å². The molecule has 0 fully saturated rings. The number of carbonyl (C=O) groups excluding carboxylic acids is 1. The predicted molar refractivity (Wildman–Crippen MR) is 88.4 cm³/mol. The smallest absolute Gasteiger partial charge is 0.248 e. The van der Waals surface area contributed by atoms with Crippen LogP contribution in [0.4, 0.5) is 0 Å². The van der Waals surface area contributed by atoms with Crippen LogP contribution < -0.4 is 11.1 Å². The molecule has 2 rings (SSSR count). The first kappa shape index (κ1) is 15.7. The summed E-state index contributed by atoms with van der Waals surface area (Å²) in [6, 6.07) is 10.2. The van der Waals surface area contributed by atoms with Gasteiger partial charge in [0.25, 0.3) is 0 Å². The largest absolute Gasteiger partial charge is 0.366 e. The second-order valence-corrected chi connectivity index (χ2v) is 6.60. The van der Waals surface area contributed by atoms with Crippen molar-refractivity contribution in [2.24, 2.45) is 11.7 Å². The second-order valence-electron chi connectivity index (χ2n) is 5.62. The summed E-state index contributed by atoms with van der Waals surface area (Å²) in [5.41, 5.74) is 8.16. The van der Waals surface area contributed by atoms with Gasteiger partial charge in [0, 0.05) is 23.0 Å². The minimum Gasteiger partial charge on any atom is -0.366 e. The highest BCUT2D eigenvalue weighted by Gasteiger charge is 2.16. The van der Waals surface area contributed by atoms with Gasteiger partial charge in [0.1, 0.15) is 0 Å². The van der Waals surface area contributed by atoms with Gasteiger partial charge in [-0.15, -0.1) is 11.3 Å². The summed E-state index contributed by atoms with van der Waals surface area (Å²) in [6.45, 7) is 7.24. The van der Waals surface area contributed by atoms with Gasteiger partial charge < -0.3 is 11.1 Å². The van der Waals surface area contributed by atoms with Crippen molar-refractivity contribution < 1.29 is 4.79 Å². The lowest BCUT2D eigenvalue weighted by Gasteiger charge is -2.22. The maximum atomic E-state index is 11.2. The molecule has 0 radical (unpaired) electrons. The van der Waals surface area contributed by atoms with Crippen LogP contribution in [-0.2, 0) is 6.54 Å². The highest BCUT2D eigenvalue weighted by Crippen LogP contribution is 2.26. The molecular weight excluding hydrogens is 280 g/mol. The zero-order valence-corrected chi connectivity index (χ0v) is 13.5. The first-order valence-corrected chi connectivity index (χ1v) is 8.03. The van der Waals surface area contributed by atoms with Crippen molar-refractivity contribution in [3.8, 4) is 0 Å². The molecule has 0 saturated heterocycles. The Morgan fingerprint density at radius 3 is 2.62 bits per heavy atom. The number of hydrogen-bond donors (Lipinski definition) is 2. The zero-order chi connectivity index (χ0) is 15.4. The van der Waals surface area contributed by atoms with E-state index in [9.17, 15) is 4.79 Å². The first-order valence-electron chi connectivity index (χ1n) is 7.15. The van der Waals surface area contributed by atoms with Crippen LogP contribution in [0, 0.1) is 12.8 Å². The summed E-state index contributed by atoms with van der Waals surface area (Å²) in [5, 5.41) is 5.73. The van der Waals surface area contributed by atoms with Gasteiger partial charge in [-0.1, -0.05) is 26.0 Å². The molecule has 3 N–H and O–H groups in total. The molecular formula is C17H22N2OS. The standard InChI is InChI=1S/C17H22N2OS/c1-11(2)16(15-5-4-8-21-15)19-10-14-7-6-13(17(18)20)9-12(14)3/h4-9,11,16,19H,10H2,1-3H3,(H2,18,20).